The normalized spacial score (nSPS) is 11.8. The maximum absolute atomic E-state index is 12.0. The van der Waals surface area contributed by atoms with Crippen LogP contribution in [0.25, 0.3) is 0 Å². The summed E-state index contributed by atoms with van der Waals surface area (Å²) in [5.74, 6) is 0. The highest BCUT2D eigenvalue weighted by Gasteiger charge is 2.06. The van der Waals surface area contributed by atoms with E-state index in [1.54, 1.807) is 6.20 Å². The third-order valence-electron chi connectivity index (χ3n) is 3.25. The predicted octanol–water partition coefficient (Wildman–Crippen LogP) is 3.31. The number of anilines is 2. The lowest BCUT2D eigenvalue weighted by Crippen LogP contribution is -2.20. The van der Waals surface area contributed by atoms with E-state index in [0.717, 1.165) is 16.9 Å². The van der Waals surface area contributed by atoms with Crippen LogP contribution in [0.1, 0.15) is 24.2 Å². The smallest absolute Gasteiger partial charge is 0.313 e. The molecular formula is C16H20N4O. The largest absolute Gasteiger partial charge is 0.323 e. The van der Waals surface area contributed by atoms with E-state index in [-0.39, 0.29) is 12.1 Å². The third kappa shape index (κ3) is 4.29. The van der Waals surface area contributed by atoms with Crippen LogP contribution in [0, 0.1) is 6.92 Å². The number of hydrogen-bond donors (Lipinski definition) is 3. The SMILES string of the molecule is CNC(C)c1cccc(NC(=O)Nc2ccc(C)nc2)c1. The summed E-state index contributed by atoms with van der Waals surface area (Å²) in [4.78, 5) is 16.1. The van der Waals surface area contributed by atoms with Crippen LogP contribution in [0.5, 0.6) is 0 Å². The fourth-order valence-corrected chi connectivity index (χ4v) is 1.89. The quantitative estimate of drug-likeness (QED) is 0.807. The summed E-state index contributed by atoms with van der Waals surface area (Å²) in [7, 11) is 1.90. The second-order valence-corrected chi connectivity index (χ2v) is 4.90. The molecule has 0 saturated carbocycles. The molecule has 0 spiro atoms. The molecule has 2 amide bonds. The van der Waals surface area contributed by atoms with Crippen molar-refractivity contribution in [3.8, 4) is 0 Å². The number of carbonyl (C=O) groups excluding carboxylic acids is 1. The van der Waals surface area contributed by atoms with E-state index in [1.807, 2.05) is 50.4 Å². The number of nitrogens with one attached hydrogen (secondary N) is 3. The molecule has 110 valence electrons. The van der Waals surface area contributed by atoms with Gasteiger partial charge in [0.15, 0.2) is 0 Å². The van der Waals surface area contributed by atoms with Gasteiger partial charge in [0.1, 0.15) is 0 Å². The highest BCUT2D eigenvalue weighted by molar-refractivity contribution is 5.99. The van der Waals surface area contributed by atoms with Crippen LogP contribution in [-0.4, -0.2) is 18.1 Å². The molecular weight excluding hydrogens is 264 g/mol. The first-order valence-corrected chi connectivity index (χ1v) is 6.86. The molecule has 1 aromatic heterocycles. The number of carbonyl (C=O) groups is 1. The Bertz CT molecular complexity index is 610. The molecule has 0 fully saturated rings. The van der Waals surface area contributed by atoms with Crippen molar-refractivity contribution in [3.05, 3.63) is 53.9 Å². The zero-order chi connectivity index (χ0) is 15.2. The molecule has 0 saturated heterocycles. The van der Waals surface area contributed by atoms with Crippen molar-refractivity contribution >= 4 is 17.4 Å². The number of aryl methyl sites for hydroxylation is 1. The first-order valence-electron chi connectivity index (χ1n) is 6.86. The predicted molar refractivity (Wildman–Crippen MR) is 85.5 cm³/mol. The molecule has 1 aromatic carbocycles. The number of aromatic nitrogens is 1. The summed E-state index contributed by atoms with van der Waals surface area (Å²) in [6.07, 6.45) is 1.63. The van der Waals surface area contributed by atoms with E-state index in [0.29, 0.717) is 5.69 Å². The highest BCUT2D eigenvalue weighted by Crippen LogP contribution is 2.17. The zero-order valence-electron chi connectivity index (χ0n) is 12.5. The lowest BCUT2D eigenvalue weighted by molar-refractivity contribution is 0.262. The molecule has 1 unspecified atom stereocenters. The van der Waals surface area contributed by atoms with Gasteiger partial charge in [-0.3, -0.25) is 4.98 Å². The van der Waals surface area contributed by atoms with Gasteiger partial charge in [-0.1, -0.05) is 12.1 Å². The average Bonchev–Trinajstić information content (AvgIpc) is 2.49. The van der Waals surface area contributed by atoms with E-state index < -0.39 is 0 Å². The van der Waals surface area contributed by atoms with Crippen LogP contribution in [0.4, 0.5) is 16.2 Å². The number of benzene rings is 1. The van der Waals surface area contributed by atoms with Crippen LogP contribution < -0.4 is 16.0 Å². The van der Waals surface area contributed by atoms with Crippen molar-refractivity contribution in [2.45, 2.75) is 19.9 Å². The van der Waals surface area contributed by atoms with Crippen LogP contribution in [0.3, 0.4) is 0 Å². The van der Waals surface area contributed by atoms with Crippen LogP contribution >= 0.6 is 0 Å². The first-order chi connectivity index (χ1) is 10.1. The summed E-state index contributed by atoms with van der Waals surface area (Å²) in [6, 6.07) is 11.4. The molecule has 0 aliphatic rings. The Morgan fingerprint density at radius 1 is 1.14 bits per heavy atom. The van der Waals surface area contributed by atoms with Gasteiger partial charge < -0.3 is 16.0 Å². The third-order valence-corrected chi connectivity index (χ3v) is 3.25. The Morgan fingerprint density at radius 3 is 2.57 bits per heavy atom. The molecule has 0 bridgehead atoms. The fraction of sp³-hybridized carbons (Fsp3) is 0.250. The van der Waals surface area contributed by atoms with Gasteiger partial charge in [-0.05, 0) is 50.7 Å². The van der Waals surface area contributed by atoms with Gasteiger partial charge in [0, 0.05) is 17.4 Å². The van der Waals surface area contributed by atoms with Crippen LogP contribution in [-0.2, 0) is 0 Å². The molecule has 5 heteroatoms. The molecule has 1 atom stereocenters. The van der Waals surface area contributed by atoms with E-state index in [2.05, 4.69) is 27.9 Å². The van der Waals surface area contributed by atoms with Gasteiger partial charge in [0.25, 0.3) is 0 Å². The number of pyridine rings is 1. The highest BCUT2D eigenvalue weighted by atomic mass is 16.2. The van der Waals surface area contributed by atoms with E-state index in [4.69, 9.17) is 0 Å². The fourth-order valence-electron chi connectivity index (χ4n) is 1.89. The minimum absolute atomic E-state index is 0.233. The van der Waals surface area contributed by atoms with Crippen molar-refractivity contribution in [2.24, 2.45) is 0 Å². The number of amides is 2. The standard InChI is InChI=1S/C16H20N4O/c1-11-7-8-15(10-18-11)20-16(21)19-14-6-4-5-13(9-14)12(2)17-3/h4-10,12,17H,1-3H3,(H2,19,20,21). The molecule has 0 aliphatic heterocycles. The minimum Gasteiger partial charge on any atom is -0.313 e. The topological polar surface area (TPSA) is 66.0 Å². The van der Waals surface area contributed by atoms with Crippen molar-refractivity contribution < 1.29 is 4.79 Å². The van der Waals surface area contributed by atoms with E-state index >= 15 is 0 Å². The molecule has 3 N–H and O–H groups in total. The second kappa shape index (κ2) is 6.85. The van der Waals surface area contributed by atoms with Crippen molar-refractivity contribution in [3.63, 3.8) is 0 Å². The van der Waals surface area contributed by atoms with E-state index in [1.165, 1.54) is 0 Å². The zero-order valence-corrected chi connectivity index (χ0v) is 12.5. The van der Waals surface area contributed by atoms with Crippen LogP contribution in [0.2, 0.25) is 0 Å². The Balaban J connectivity index is 2.01. The lowest BCUT2D eigenvalue weighted by atomic mass is 10.1. The molecule has 21 heavy (non-hydrogen) atoms. The van der Waals surface area contributed by atoms with Crippen molar-refractivity contribution in [1.82, 2.24) is 10.3 Å². The molecule has 0 radical (unpaired) electrons. The second-order valence-electron chi connectivity index (χ2n) is 4.90. The minimum atomic E-state index is -0.282. The lowest BCUT2D eigenvalue weighted by Gasteiger charge is -2.13. The number of rotatable bonds is 4. The number of nitrogens with zero attached hydrogens (tertiary/aromatic N) is 1. The summed E-state index contributed by atoms with van der Waals surface area (Å²) in [5, 5.41) is 8.74. The number of urea groups is 1. The molecule has 0 aliphatic carbocycles. The molecule has 2 aromatic rings. The van der Waals surface area contributed by atoms with Crippen molar-refractivity contribution in [2.75, 3.05) is 17.7 Å². The molecule has 2 rings (SSSR count). The summed E-state index contributed by atoms with van der Waals surface area (Å²) in [6.45, 7) is 3.97. The Kier molecular flexibility index (Phi) is 4.90. The maximum atomic E-state index is 12.0. The number of hydrogen-bond acceptors (Lipinski definition) is 3. The van der Waals surface area contributed by atoms with Crippen molar-refractivity contribution in [1.29, 1.82) is 0 Å². The Morgan fingerprint density at radius 2 is 1.90 bits per heavy atom. The molecule has 5 nitrogen and oxygen atoms in total. The Hall–Kier alpha value is -2.40. The summed E-state index contributed by atoms with van der Waals surface area (Å²) in [5.41, 5.74) is 3.45. The summed E-state index contributed by atoms with van der Waals surface area (Å²) < 4.78 is 0. The van der Waals surface area contributed by atoms with Gasteiger partial charge in [0.05, 0.1) is 11.9 Å². The van der Waals surface area contributed by atoms with Gasteiger partial charge in [-0.15, -0.1) is 0 Å². The average molecular weight is 284 g/mol. The molecule has 1 heterocycles. The summed E-state index contributed by atoms with van der Waals surface area (Å²) >= 11 is 0. The monoisotopic (exact) mass is 284 g/mol. The Labute approximate surface area is 124 Å². The van der Waals surface area contributed by atoms with E-state index in [9.17, 15) is 4.79 Å². The van der Waals surface area contributed by atoms with Gasteiger partial charge in [0.2, 0.25) is 0 Å². The van der Waals surface area contributed by atoms with Gasteiger partial charge in [-0.25, -0.2) is 4.79 Å². The van der Waals surface area contributed by atoms with Gasteiger partial charge in [-0.2, -0.15) is 0 Å². The van der Waals surface area contributed by atoms with Gasteiger partial charge >= 0.3 is 6.03 Å². The maximum Gasteiger partial charge on any atom is 0.323 e. The van der Waals surface area contributed by atoms with Crippen LogP contribution in [0.15, 0.2) is 42.6 Å². The first kappa shape index (κ1) is 15.0.